The van der Waals surface area contributed by atoms with Crippen LogP contribution in [0.4, 0.5) is 0 Å². The molecule has 17 heavy (non-hydrogen) atoms. The highest BCUT2D eigenvalue weighted by Gasteiger charge is 2.27. The zero-order valence-corrected chi connectivity index (χ0v) is 15.1. The molecule has 0 saturated heterocycles. The minimum Gasteiger partial charge on any atom is -0.198 e. The third-order valence-corrected chi connectivity index (χ3v) is 4.97. The lowest BCUT2D eigenvalue weighted by molar-refractivity contribution is 0.197. The van der Waals surface area contributed by atoms with Gasteiger partial charge in [0.2, 0.25) is 0 Å². The smallest absolute Gasteiger partial charge is 0.0621 e. The van der Waals surface area contributed by atoms with Crippen LogP contribution in [0.2, 0.25) is 0 Å². The number of nitriles is 1. The molecule has 0 spiro atoms. The van der Waals surface area contributed by atoms with E-state index in [2.05, 4.69) is 53.9 Å². The molecule has 0 bridgehead atoms. The summed E-state index contributed by atoms with van der Waals surface area (Å²) in [5.41, 5.74) is 0.394. The van der Waals surface area contributed by atoms with Crippen molar-refractivity contribution in [2.45, 2.75) is 51.4 Å². The Morgan fingerprint density at radius 1 is 0.765 bits per heavy atom. The third kappa shape index (κ3) is 8.61. The lowest BCUT2D eigenvalue weighted by Crippen LogP contribution is -2.22. The second-order valence-electron chi connectivity index (χ2n) is 4.54. The van der Waals surface area contributed by atoms with E-state index < -0.39 is 0 Å². The molecule has 0 saturated carbocycles. The molecule has 0 aliphatic heterocycles. The average molecular weight is 432 g/mol. The first kappa shape index (κ1) is 17.9. The van der Waals surface area contributed by atoms with Crippen molar-refractivity contribution in [1.29, 1.82) is 5.26 Å². The molecular formula is C13H22Br3N. The van der Waals surface area contributed by atoms with E-state index in [9.17, 15) is 0 Å². The first-order chi connectivity index (χ1) is 8.24. The second-order valence-corrected chi connectivity index (χ2v) is 6.91. The Bertz CT molecular complexity index is 191. The molecule has 0 aliphatic rings. The molecule has 1 nitrogen and oxygen atoms in total. The van der Waals surface area contributed by atoms with E-state index in [0.717, 1.165) is 22.4 Å². The van der Waals surface area contributed by atoms with E-state index in [-0.39, 0.29) is 0 Å². The minimum atomic E-state index is 0.394. The summed E-state index contributed by atoms with van der Waals surface area (Å²) in [6, 6.07) is 2.32. The van der Waals surface area contributed by atoms with Gasteiger partial charge < -0.3 is 0 Å². The predicted molar refractivity (Wildman–Crippen MR) is 86.4 cm³/mol. The monoisotopic (exact) mass is 429 g/mol. The van der Waals surface area contributed by atoms with Crippen molar-refractivity contribution >= 4 is 47.8 Å². The molecule has 0 aliphatic carbocycles. The van der Waals surface area contributed by atoms with Crippen molar-refractivity contribution in [2.75, 3.05) is 16.0 Å². The van der Waals surface area contributed by atoms with Gasteiger partial charge in [-0.15, -0.1) is 0 Å². The van der Waals surface area contributed by atoms with Gasteiger partial charge in [0, 0.05) is 22.4 Å². The number of hydrogen-bond acceptors (Lipinski definition) is 1. The fourth-order valence-electron chi connectivity index (χ4n) is 2.40. The predicted octanol–water partition coefficient (Wildman–Crippen LogP) is 5.80. The van der Waals surface area contributed by atoms with Crippen LogP contribution < -0.4 is 0 Å². The summed E-state index contributed by atoms with van der Waals surface area (Å²) < 4.78 is 0. The fourth-order valence-corrected chi connectivity index (χ4v) is 3.24. The fraction of sp³-hybridized carbons (Fsp3) is 0.923. The maximum absolute atomic E-state index is 8.83. The molecule has 0 unspecified atom stereocenters. The second kappa shape index (κ2) is 12.0. The van der Waals surface area contributed by atoms with Gasteiger partial charge in [-0.1, -0.05) is 47.8 Å². The Hall–Kier alpha value is 0.930. The van der Waals surface area contributed by atoms with Crippen LogP contribution in [0.1, 0.15) is 51.4 Å². The molecule has 100 valence electrons. The van der Waals surface area contributed by atoms with E-state index in [0.29, 0.717) is 11.8 Å². The summed E-state index contributed by atoms with van der Waals surface area (Å²) in [6.45, 7) is 0. The quantitative estimate of drug-likeness (QED) is 0.379. The summed E-state index contributed by atoms with van der Waals surface area (Å²) in [7, 11) is 0. The van der Waals surface area contributed by atoms with Crippen molar-refractivity contribution in [3.05, 3.63) is 0 Å². The molecule has 0 radical (unpaired) electrons. The molecule has 0 N–H and O–H groups in total. The lowest BCUT2D eigenvalue weighted by Gasteiger charge is -2.33. The van der Waals surface area contributed by atoms with Gasteiger partial charge in [0.05, 0.1) is 6.07 Å². The Balaban J connectivity index is 4.46. The van der Waals surface area contributed by atoms with Crippen molar-refractivity contribution in [3.8, 4) is 6.07 Å². The lowest BCUT2D eigenvalue weighted by atomic mass is 9.72. The van der Waals surface area contributed by atoms with E-state index in [1.807, 2.05) is 0 Å². The van der Waals surface area contributed by atoms with Crippen LogP contribution in [-0.2, 0) is 0 Å². The first-order valence-electron chi connectivity index (χ1n) is 6.29. The number of hydrogen-bond donors (Lipinski definition) is 0. The highest BCUT2D eigenvalue weighted by Crippen LogP contribution is 2.40. The summed E-state index contributed by atoms with van der Waals surface area (Å²) in [5.74, 6) is 0. The molecule has 0 heterocycles. The Labute approximate surface area is 131 Å². The molecule has 0 atom stereocenters. The largest absolute Gasteiger partial charge is 0.198 e. The zero-order valence-electron chi connectivity index (χ0n) is 10.4. The first-order valence-corrected chi connectivity index (χ1v) is 9.66. The Morgan fingerprint density at radius 2 is 1.18 bits per heavy atom. The van der Waals surface area contributed by atoms with E-state index in [4.69, 9.17) is 5.26 Å². The van der Waals surface area contributed by atoms with Crippen LogP contribution >= 0.6 is 47.8 Å². The molecular weight excluding hydrogens is 410 g/mol. The molecule has 0 amide bonds. The van der Waals surface area contributed by atoms with Gasteiger partial charge in [-0.05, 0) is 50.4 Å². The average Bonchev–Trinajstić information content (AvgIpc) is 2.37. The maximum Gasteiger partial charge on any atom is 0.0621 e. The molecule has 4 heteroatoms. The summed E-state index contributed by atoms with van der Waals surface area (Å²) in [6.07, 6.45) is 9.17. The highest BCUT2D eigenvalue weighted by molar-refractivity contribution is 9.09. The molecule has 0 aromatic heterocycles. The normalized spacial score (nSPS) is 11.4. The van der Waals surface area contributed by atoms with Crippen LogP contribution in [0, 0.1) is 16.7 Å². The zero-order chi connectivity index (χ0) is 13.0. The minimum absolute atomic E-state index is 0.394. The molecule has 0 aromatic carbocycles. The van der Waals surface area contributed by atoms with Crippen LogP contribution in [0.5, 0.6) is 0 Å². The number of rotatable bonds is 11. The summed E-state index contributed by atoms with van der Waals surface area (Å²) >= 11 is 10.6. The molecule has 0 fully saturated rings. The van der Waals surface area contributed by atoms with Crippen molar-refractivity contribution in [1.82, 2.24) is 0 Å². The summed E-state index contributed by atoms with van der Waals surface area (Å²) in [5, 5.41) is 12.0. The Morgan fingerprint density at radius 3 is 1.47 bits per heavy atom. The van der Waals surface area contributed by atoms with Crippen LogP contribution in [-0.4, -0.2) is 16.0 Å². The van der Waals surface area contributed by atoms with Crippen LogP contribution in [0.3, 0.4) is 0 Å². The van der Waals surface area contributed by atoms with Crippen molar-refractivity contribution in [2.24, 2.45) is 5.41 Å². The van der Waals surface area contributed by atoms with Gasteiger partial charge in [-0.3, -0.25) is 0 Å². The third-order valence-electron chi connectivity index (χ3n) is 3.29. The topological polar surface area (TPSA) is 23.8 Å². The van der Waals surface area contributed by atoms with Gasteiger partial charge in [0.25, 0.3) is 0 Å². The number of alkyl halides is 3. The van der Waals surface area contributed by atoms with Crippen LogP contribution in [0.15, 0.2) is 0 Å². The van der Waals surface area contributed by atoms with E-state index >= 15 is 0 Å². The van der Waals surface area contributed by atoms with Gasteiger partial charge in [-0.25, -0.2) is 0 Å². The van der Waals surface area contributed by atoms with Gasteiger partial charge in [0.15, 0.2) is 0 Å². The molecule has 0 aromatic rings. The Kier molecular flexibility index (Phi) is 12.6. The van der Waals surface area contributed by atoms with Crippen molar-refractivity contribution < 1.29 is 0 Å². The number of halogens is 3. The van der Waals surface area contributed by atoms with Gasteiger partial charge in [-0.2, -0.15) is 5.26 Å². The maximum atomic E-state index is 8.83. The van der Waals surface area contributed by atoms with Gasteiger partial charge >= 0.3 is 0 Å². The number of nitrogens with zero attached hydrogens (tertiary/aromatic N) is 1. The highest BCUT2D eigenvalue weighted by atomic mass is 79.9. The van der Waals surface area contributed by atoms with Gasteiger partial charge in [0.1, 0.15) is 0 Å². The SMILES string of the molecule is N#CCCC(CCCBr)(CCCBr)CCCBr. The van der Waals surface area contributed by atoms with E-state index in [1.54, 1.807) is 0 Å². The van der Waals surface area contributed by atoms with Crippen molar-refractivity contribution in [3.63, 3.8) is 0 Å². The van der Waals surface area contributed by atoms with Crippen LogP contribution in [0.25, 0.3) is 0 Å². The summed E-state index contributed by atoms with van der Waals surface area (Å²) in [4.78, 5) is 0. The standard InChI is InChI=1S/C13H22Br3N/c14-9-1-5-13(6-2-10-15,7-3-11-16)8-4-12-17/h1-11H2. The van der Waals surface area contributed by atoms with E-state index in [1.165, 1.54) is 38.5 Å². The molecule has 0 rings (SSSR count).